The van der Waals surface area contributed by atoms with Crippen LogP contribution in [0.25, 0.3) is 0 Å². The van der Waals surface area contributed by atoms with Crippen molar-refractivity contribution in [3.63, 3.8) is 0 Å². The van der Waals surface area contributed by atoms with Gasteiger partial charge in [0.2, 0.25) is 0 Å². The topological polar surface area (TPSA) is 15.7 Å². The van der Waals surface area contributed by atoms with E-state index in [0.717, 1.165) is 32.1 Å². The molecule has 2 rings (SSSR count). The molecule has 2 saturated heterocycles. The second-order valence-electron chi connectivity index (χ2n) is 6.22. The first-order valence-corrected chi connectivity index (χ1v) is 7.81. The number of ether oxygens (including phenoxy) is 1. The van der Waals surface area contributed by atoms with Gasteiger partial charge in [0.15, 0.2) is 0 Å². The maximum atomic E-state index is 6.09. The number of halogens is 1. The lowest BCUT2D eigenvalue weighted by molar-refractivity contribution is -0.0281. The zero-order chi connectivity index (χ0) is 13.0. The van der Waals surface area contributed by atoms with E-state index in [1.807, 2.05) is 0 Å². The fourth-order valence-corrected chi connectivity index (χ4v) is 3.28. The lowest BCUT2D eigenvalue weighted by Gasteiger charge is -2.26. The Bertz CT molecular complexity index is 260. The molecule has 1 unspecified atom stereocenters. The second kappa shape index (κ2) is 6.56. The van der Waals surface area contributed by atoms with E-state index in [1.54, 1.807) is 0 Å². The van der Waals surface area contributed by atoms with E-state index in [0.29, 0.717) is 6.10 Å². The highest BCUT2D eigenvalue weighted by Crippen LogP contribution is 2.29. The Labute approximate surface area is 116 Å². The van der Waals surface area contributed by atoms with Crippen molar-refractivity contribution in [3.05, 3.63) is 0 Å². The van der Waals surface area contributed by atoms with Crippen LogP contribution in [-0.2, 0) is 4.74 Å². The van der Waals surface area contributed by atoms with E-state index < -0.39 is 0 Å². The van der Waals surface area contributed by atoms with Gasteiger partial charge in [-0.25, -0.2) is 0 Å². The summed E-state index contributed by atoms with van der Waals surface area (Å²) in [6.45, 7) is 11.3. The molecular weight excluding hydrogens is 248 g/mol. The minimum Gasteiger partial charge on any atom is -0.371 e. The Hall–Kier alpha value is 0.170. The third-order valence-electron chi connectivity index (χ3n) is 4.10. The normalized spacial score (nSPS) is 30.5. The van der Waals surface area contributed by atoms with Gasteiger partial charge in [0, 0.05) is 32.1 Å². The van der Waals surface area contributed by atoms with Gasteiger partial charge in [-0.3, -0.25) is 4.90 Å². The molecule has 0 aromatic rings. The first kappa shape index (κ1) is 14.6. The number of rotatable bonds is 4. The summed E-state index contributed by atoms with van der Waals surface area (Å²) in [5.41, 5.74) is 0.0984. The molecule has 0 N–H and O–H groups in total. The first-order chi connectivity index (χ1) is 8.59. The van der Waals surface area contributed by atoms with Crippen LogP contribution < -0.4 is 0 Å². The Morgan fingerprint density at radius 2 is 1.89 bits per heavy atom. The van der Waals surface area contributed by atoms with Gasteiger partial charge in [-0.2, -0.15) is 0 Å². The summed E-state index contributed by atoms with van der Waals surface area (Å²) in [5.74, 6) is 0.750. The number of hydrogen-bond donors (Lipinski definition) is 0. The van der Waals surface area contributed by atoms with Crippen LogP contribution >= 0.6 is 11.6 Å². The molecule has 0 aromatic heterocycles. The zero-order valence-electron chi connectivity index (χ0n) is 11.8. The van der Waals surface area contributed by atoms with Gasteiger partial charge < -0.3 is 9.64 Å². The van der Waals surface area contributed by atoms with Gasteiger partial charge in [-0.05, 0) is 46.2 Å². The van der Waals surface area contributed by atoms with Crippen LogP contribution in [0.2, 0.25) is 0 Å². The minimum absolute atomic E-state index is 0.0984. The van der Waals surface area contributed by atoms with Gasteiger partial charge in [0.25, 0.3) is 0 Å². The molecule has 2 aliphatic heterocycles. The van der Waals surface area contributed by atoms with Crippen LogP contribution in [0.4, 0.5) is 0 Å². The van der Waals surface area contributed by atoms with Crippen LogP contribution in [0.3, 0.4) is 0 Å². The molecule has 0 spiro atoms. The molecule has 18 heavy (non-hydrogen) atoms. The van der Waals surface area contributed by atoms with Crippen LogP contribution in [-0.4, -0.2) is 66.7 Å². The van der Waals surface area contributed by atoms with Crippen molar-refractivity contribution in [2.24, 2.45) is 0 Å². The first-order valence-electron chi connectivity index (χ1n) is 7.27. The highest BCUT2D eigenvalue weighted by atomic mass is 35.5. The molecule has 0 aliphatic carbocycles. The van der Waals surface area contributed by atoms with Crippen molar-refractivity contribution in [3.8, 4) is 0 Å². The molecule has 2 heterocycles. The average Bonchev–Trinajstić information content (AvgIpc) is 2.51. The summed E-state index contributed by atoms with van der Waals surface area (Å²) in [4.78, 5) is 5.05. The Morgan fingerprint density at radius 3 is 2.56 bits per heavy atom. The van der Waals surface area contributed by atoms with E-state index in [2.05, 4.69) is 23.6 Å². The third kappa shape index (κ3) is 4.37. The lowest BCUT2D eigenvalue weighted by atomic mass is 10.1. The fraction of sp³-hybridized carbons (Fsp3) is 1.00. The summed E-state index contributed by atoms with van der Waals surface area (Å²) in [5, 5.41) is 0. The molecule has 2 fully saturated rings. The van der Waals surface area contributed by atoms with E-state index in [4.69, 9.17) is 16.3 Å². The minimum atomic E-state index is 0.0984. The zero-order valence-corrected chi connectivity index (χ0v) is 12.6. The molecule has 0 aromatic carbocycles. The Balaban J connectivity index is 1.74. The monoisotopic (exact) mass is 274 g/mol. The van der Waals surface area contributed by atoms with Crippen LogP contribution in [0.1, 0.15) is 33.1 Å². The number of alkyl halides is 1. The largest absolute Gasteiger partial charge is 0.371 e. The summed E-state index contributed by atoms with van der Waals surface area (Å²) >= 11 is 5.82. The maximum Gasteiger partial charge on any atom is 0.0710 e. The predicted octanol–water partition coefficient (Wildman–Crippen LogP) is 2.19. The van der Waals surface area contributed by atoms with Crippen LogP contribution in [0.5, 0.6) is 0 Å². The number of hydrogen-bond acceptors (Lipinski definition) is 3. The quantitative estimate of drug-likeness (QED) is 0.731. The molecule has 4 heteroatoms. The summed E-state index contributed by atoms with van der Waals surface area (Å²) in [6, 6.07) is 0. The number of nitrogens with zero attached hydrogens (tertiary/aromatic N) is 2. The van der Waals surface area contributed by atoms with Gasteiger partial charge in [0.1, 0.15) is 0 Å². The van der Waals surface area contributed by atoms with Crippen LogP contribution in [0.15, 0.2) is 0 Å². The van der Waals surface area contributed by atoms with Crippen LogP contribution in [0, 0.1) is 0 Å². The van der Waals surface area contributed by atoms with E-state index in [9.17, 15) is 0 Å². The molecule has 106 valence electrons. The summed E-state index contributed by atoms with van der Waals surface area (Å²) in [6.07, 6.45) is 4.12. The van der Waals surface area contributed by atoms with Gasteiger partial charge in [-0.15, -0.1) is 11.6 Å². The molecule has 2 aliphatic rings. The Morgan fingerprint density at radius 1 is 1.17 bits per heavy atom. The van der Waals surface area contributed by atoms with Crippen molar-refractivity contribution >= 4 is 11.6 Å². The van der Waals surface area contributed by atoms with Crippen molar-refractivity contribution in [2.45, 2.75) is 44.8 Å². The highest BCUT2D eigenvalue weighted by Gasteiger charge is 2.32. The fourth-order valence-electron chi connectivity index (χ4n) is 3.04. The van der Waals surface area contributed by atoms with Crippen molar-refractivity contribution in [1.82, 2.24) is 9.80 Å². The Kier molecular flexibility index (Phi) is 5.31. The summed E-state index contributed by atoms with van der Waals surface area (Å²) in [7, 11) is 0. The van der Waals surface area contributed by atoms with Gasteiger partial charge >= 0.3 is 0 Å². The maximum absolute atomic E-state index is 6.09. The molecule has 0 amide bonds. The van der Waals surface area contributed by atoms with Crippen molar-refractivity contribution in [1.29, 1.82) is 0 Å². The van der Waals surface area contributed by atoms with Gasteiger partial charge in [-0.1, -0.05) is 0 Å². The van der Waals surface area contributed by atoms with Crippen molar-refractivity contribution < 1.29 is 4.74 Å². The SMILES string of the molecule is CC1(C)CCC(CN2CCCN(CCCl)CC2)O1. The smallest absolute Gasteiger partial charge is 0.0710 e. The standard InChI is InChI=1S/C14H27ClN2O/c1-14(2)5-4-13(18-14)12-17-8-3-7-16(9-6-15)10-11-17/h13H,3-12H2,1-2H3. The van der Waals surface area contributed by atoms with E-state index in [-0.39, 0.29) is 5.60 Å². The molecule has 0 saturated carbocycles. The predicted molar refractivity (Wildman–Crippen MR) is 76.4 cm³/mol. The molecule has 0 bridgehead atoms. The van der Waals surface area contributed by atoms with E-state index >= 15 is 0 Å². The molecule has 0 radical (unpaired) electrons. The molecule has 1 atom stereocenters. The summed E-state index contributed by atoms with van der Waals surface area (Å²) < 4.78 is 6.09. The van der Waals surface area contributed by atoms with Gasteiger partial charge in [0.05, 0.1) is 11.7 Å². The average molecular weight is 275 g/mol. The van der Waals surface area contributed by atoms with E-state index in [1.165, 1.54) is 32.4 Å². The highest BCUT2D eigenvalue weighted by molar-refractivity contribution is 6.18. The van der Waals surface area contributed by atoms with Crippen molar-refractivity contribution in [2.75, 3.05) is 45.1 Å². The molecule has 3 nitrogen and oxygen atoms in total. The second-order valence-corrected chi connectivity index (χ2v) is 6.60. The lowest BCUT2D eigenvalue weighted by Crippen LogP contribution is -2.37. The third-order valence-corrected chi connectivity index (χ3v) is 4.27. The molecular formula is C14H27ClN2O.